The molecule has 0 aliphatic carbocycles. The summed E-state index contributed by atoms with van der Waals surface area (Å²) in [5.41, 5.74) is -1.03. The van der Waals surface area contributed by atoms with Gasteiger partial charge in [-0.2, -0.15) is 0 Å². The van der Waals surface area contributed by atoms with Crippen molar-refractivity contribution in [3.63, 3.8) is 0 Å². The van der Waals surface area contributed by atoms with Crippen LogP contribution in [0.15, 0.2) is 21.9 Å². The Kier molecular flexibility index (Phi) is 5.35. The van der Waals surface area contributed by atoms with Gasteiger partial charge in [-0.1, -0.05) is 26.7 Å². The lowest BCUT2D eigenvalue weighted by Gasteiger charge is -2.13. The zero-order valence-electron chi connectivity index (χ0n) is 10.7. The molecule has 6 nitrogen and oxygen atoms in total. The number of amides is 1. The van der Waals surface area contributed by atoms with Crippen LogP contribution in [0, 0.1) is 5.92 Å². The first-order chi connectivity index (χ1) is 8.56. The molecule has 100 valence electrons. The molecule has 18 heavy (non-hydrogen) atoms. The lowest BCUT2D eigenvalue weighted by molar-refractivity contribution is -0.121. The summed E-state index contributed by atoms with van der Waals surface area (Å²) in [6.07, 6.45) is 3.34. The van der Waals surface area contributed by atoms with Crippen LogP contribution >= 0.6 is 0 Å². The van der Waals surface area contributed by atoms with E-state index in [1.54, 1.807) is 0 Å². The fourth-order valence-corrected chi connectivity index (χ4v) is 1.61. The molecule has 2 N–H and O–H groups in total. The Labute approximate surface area is 105 Å². The van der Waals surface area contributed by atoms with Crippen LogP contribution in [0.3, 0.4) is 0 Å². The molecule has 6 heteroatoms. The Bertz CT molecular complexity index is 500. The molecule has 0 radical (unpaired) electrons. The summed E-state index contributed by atoms with van der Waals surface area (Å²) in [6, 6.07) is 1.22. The van der Waals surface area contributed by atoms with Gasteiger partial charge < -0.3 is 5.32 Å². The summed E-state index contributed by atoms with van der Waals surface area (Å²) in [5.74, 6) is 0.234. The Morgan fingerprint density at radius 3 is 2.61 bits per heavy atom. The third-order valence-electron chi connectivity index (χ3n) is 2.95. The number of nitrogens with one attached hydrogen (secondary N) is 2. The van der Waals surface area contributed by atoms with Gasteiger partial charge in [-0.25, -0.2) is 4.79 Å². The minimum Gasteiger partial charge on any atom is -0.354 e. The highest BCUT2D eigenvalue weighted by molar-refractivity contribution is 5.75. The molecule has 0 saturated carbocycles. The SMILES string of the molecule is CCC(CC)CNC(=O)Cn1ccc(=O)[nH]c1=O. The predicted octanol–water partition coefficient (Wildman–Crippen LogP) is 0.0890. The van der Waals surface area contributed by atoms with Gasteiger partial charge in [0.25, 0.3) is 5.56 Å². The number of H-pyrrole nitrogens is 1. The van der Waals surface area contributed by atoms with Crippen molar-refractivity contribution in [2.75, 3.05) is 6.54 Å². The topological polar surface area (TPSA) is 84.0 Å². The fourth-order valence-electron chi connectivity index (χ4n) is 1.61. The first-order valence-corrected chi connectivity index (χ1v) is 6.13. The molecular formula is C12H19N3O3. The van der Waals surface area contributed by atoms with Crippen molar-refractivity contribution in [1.29, 1.82) is 0 Å². The lowest BCUT2D eigenvalue weighted by Crippen LogP contribution is -2.37. The molecule has 0 spiro atoms. The van der Waals surface area contributed by atoms with E-state index in [0.717, 1.165) is 12.8 Å². The largest absolute Gasteiger partial charge is 0.354 e. The maximum atomic E-state index is 11.6. The standard InChI is InChI=1S/C12H19N3O3/c1-3-9(4-2)7-13-11(17)8-15-6-5-10(16)14-12(15)18/h5-6,9H,3-4,7-8H2,1-2H3,(H,13,17)(H,14,16,18). The van der Waals surface area contributed by atoms with Gasteiger partial charge >= 0.3 is 5.69 Å². The van der Waals surface area contributed by atoms with Gasteiger partial charge in [-0.3, -0.25) is 19.1 Å². The van der Waals surface area contributed by atoms with Crippen molar-refractivity contribution in [3.05, 3.63) is 33.1 Å². The number of hydrogen-bond acceptors (Lipinski definition) is 3. The first kappa shape index (κ1) is 14.2. The number of nitrogens with zero attached hydrogens (tertiary/aromatic N) is 1. The highest BCUT2D eigenvalue weighted by Crippen LogP contribution is 2.04. The van der Waals surface area contributed by atoms with Crippen LogP contribution in [-0.4, -0.2) is 22.0 Å². The quantitative estimate of drug-likeness (QED) is 0.753. The highest BCUT2D eigenvalue weighted by atomic mass is 16.2. The molecule has 0 aliphatic rings. The number of carbonyl (C=O) groups is 1. The molecule has 0 aliphatic heterocycles. The maximum Gasteiger partial charge on any atom is 0.328 e. The van der Waals surface area contributed by atoms with Gasteiger partial charge in [-0.05, 0) is 5.92 Å². The molecule has 1 aromatic rings. The van der Waals surface area contributed by atoms with Crippen molar-refractivity contribution in [3.8, 4) is 0 Å². The van der Waals surface area contributed by atoms with E-state index >= 15 is 0 Å². The smallest absolute Gasteiger partial charge is 0.328 e. The van der Waals surface area contributed by atoms with Crippen molar-refractivity contribution in [1.82, 2.24) is 14.9 Å². The Morgan fingerprint density at radius 2 is 2.06 bits per heavy atom. The maximum absolute atomic E-state index is 11.6. The van der Waals surface area contributed by atoms with Crippen LogP contribution < -0.4 is 16.6 Å². The molecule has 0 atom stereocenters. The predicted molar refractivity (Wildman–Crippen MR) is 68.4 cm³/mol. The van der Waals surface area contributed by atoms with E-state index < -0.39 is 11.2 Å². The van der Waals surface area contributed by atoms with E-state index in [9.17, 15) is 14.4 Å². The van der Waals surface area contributed by atoms with Crippen LogP contribution in [-0.2, 0) is 11.3 Å². The summed E-state index contributed by atoms with van der Waals surface area (Å²) < 4.78 is 1.17. The zero-order valence-corrected chi connectivity index (χ0v) is 10.7. The minimum absolute atomic E-state index is 0.0736. The second-order valence-corrected chi connectivity index (χ2v) is 4.22. The third kappa shape index (κ3) is 4.20. The second-order valence-electron chi connectivity index (χ2n) is 4.22. The average molecular weight is 253 g/mol. The van der Waals surface area contributed by atoms with Crippen molar-refractivity contribution in [2.45, 2.75) is 33.2 Å². The summed E-state index contributed by atoms with van der Waals surface area (Å²) in [4.78, 5) is 35.9. The van der Waals surface area contributed by atoms with Crippen LogP contribution in [0.1, 0.15) is 26.7 Å². The fraction of sp³-hybridized carbons (Fsp3) is 0.583. The Balaban J connectivity index is 2.54. The molecule has 1 aromatic heterocycles. The minimum atomic E-state index is -0.569. The molecule has 1 rings (SSSR count). The Morgan fingerprint density at radius 1 is 1.39 bits per heavy atom. The van der Waals surface area contributed by atoms with Crippen LogP contribution in [0.25, 0.3) is 0 Å². The third-order valence-corrected chi connectivity index (χ3v) is 2.95. The van der Waals surface area contributed by atoms with E-state index in [-0.39, 0.29) is 12.5 Å². The molecule has 0 saturated heterocycles. The zero-order chi connectivity index (χ0) is 13.5. The highest BCUT2D eigenvalue weighted by Gasteiger charge is 2.07. The van der Waals surface area contributed by atoms with E-state index in [2.05, 4.69) is 24.1 Å². The van der Waals surface area contributed by atoms with Gasteiger partial charge in [-0.15, -0.1) is 0 Å². The van der Waals surface area contributed by atoms with E-state index in [0.29, 0.717) is 12.5 Å². The summed E-state index contributed by atoms with van der Waals surface area (Å²) in [5, 5.41) is 2.78. The summed E-state index contributed by atoms with van der Waals surface area (Å²) >= 11 is 0. The molecule has 1 amide bonds. The van der Waals surface area contributed by atoms with E-state index in [1.165, 1.54) is 16.8 Å². The van der Waals surface area contributed by atoms with Gasteiger partial charge in [0, 0.05) is 18.8 Å². The van der Waals surface area contributed by atoms with E-state index in [4.69, 9.17) is 0 Å². The van der Waals surface area contributed by atoms with Crippen molar-refractivity contribution < 1.29 is 4.79 Å². The molecule has 0 aromatic carbocycles. The van der Waals surface area contributed by atoms with Crippen LogP contribution in [0.4, 0.5) is 0 Å². The second kappa shape index (κ2) is 6.78. The normalized spacial score (nSPS) is 10.6. The summed E-state index contributed by atoms with van der Waals surface area (Å²) in [6.45, 7) is 4.69. The number of carbonyl (C=O) groups excluding carboxylic acids is 1. The van der Waals surface area contributed by atoms with Crippen molar-refractivity contribution >= 4 is 5.91 Å². The number of hydrogen-bond donors (Lipinski definition) is 2. The molecule has 0 unspecified atom stereocenters. The van der Waals surface area contributed by atoms with Crippen LogP contribution in [0.2, 0.25) is 0 Å². The monoisotopic (exact) mass is 253 g/mol. The lowest BCUT2D eigenvalue weighted by atomic mass is 10.0. The Hall–Kier alpha value is -1.85. The van der Waals surface area contributed by atoms with Crippen LogP contribution in [0.5, 0.6) is 0 Å². The molecule has 1 heterocycles. The summed E-state index contributed by atoms with van der Waals surface area (Å²) in [7, 11) is 0. The van der Waals surface area contributed by atoms with Gasteiger partial charge in [0.05, 0.1) is 0 Å². The van der Waals surface area contributed by atoms with Crippen molar-refractivity contribution in [2.24, 2.45) is 5.92 Å². The number of aromatic amines is 1. The van der Waals surface area contributed by atoms with E-state index in [1.807, 2.05) is 0 Å². The average Bonchev–Trinajstić information content (AvgIpc) is 2.34. The van der Waals surface area contributed by atoms with Gasteiger partial charge in [0.2, 0.25) is 5.91 Å². The van der Waals surface area contributed by atoms with Gasteiger partial charge in [0.1, 0.15) is 6.54 Å². The van der Waals surface area contributed by atoms with Gasteiger partial charge in [0.15, 0.2) is 0 Å². The molecular weight excluding hydrogens is 234 g/mol. The molecule has 0 fully saturated rings. The number of rotatable bonds is 6. The first-order valence-electron chi connectivity index (χ1n) is 6.13. The molecule has 0 bridgehead atoms. The number of aromatic nitrogens is 2.